The van der Waals surface area contributed by atoms with Gasteiger partial charge in [0.1, 0.15) is 0 Å². The quantitative estimate of drug-likeness (QED) is 0.470. The van der Waals surface area contributed by atoms with Crippen molar-refractivity contribution in [1.29, 1.82) is 0 Å². The molecule has 1 atom stereocenters. The third-order valence-corrected chi connectivity index (χ3v) is 0. The van der Waals surface area contributed by atoms with Crippen molar-refractivity contribution in [1.82, 2.24) is 0 Å². The number of halogens is 1. The monoisotopic (exact) mass is 143 g/mol. The van der Waals surface area contributed by atoms with E-state index in [0.29, 0.717) is 0 Å². The first kappa shape index (κ1) is 4.61. The molecule has 0 saturated heterocycles. The second-order valence-electron chi connectivity index (χ2n) is 0.226. The van der Waals surface area contributed by atoms with Crippen LogP contribution in [-0.2, 0) is 3.74 Å². The molecule has 4 heteroatoms. The molecule has 0 amide bonds. The summed E-state index contributed by atoms with van der Waals surface area (Å²) < 4.78 is 16.4. The van der Waals surface area contributed by atoms with Crippen LogP contribution in [0.3, 0.4) is 0 Å². The van der Waals surface area contributed by atoms with Gasteiger partial charge in [0.15, 0.2) is 0 Å². The maximum absolute atomic E-state index is 8.99. The molecule has 0 rings (SSSR count). The molecule has 2 nitrogen and oxygen atoms in total. The van der Waals surface area contributed by atoms with E-state index in [-0.39, 0.29) is 0 Å². The Hall–Kier alpha value is 0.608. The van der Waals surface area contributed by atoms with Crippen LogP contribution in [0.5, 0.6) is 0 Å². The summed E-state index contributed by atoms with van der Waals surface area (Å²) in [6.45, 7) is 0. The van der Waals surface area contributed by atoms with Crippen LogP contribution in [-0.4, -0.2) is 18.1 Å². The summed E-state index contributed by atoms with van der Waals surface area (Å²) in [5.74, 6) is 0. The van der Waals surface area contributed by atoms with E-state index in [9.17, 15) is 0 Å². The number of hydrogen-bond acceptors (Lipinski definition) is 1. The third-order valence-electron chi connectivity index (χ3n) is 0. The first-order valence-corrected chi connectivity index (χ1v) is 4.62. The summed E-state index contributed by atoms with van der Waals surface area (Å²) in [5, 5.41) is 0. The molecule has 0 aromatic carbocycles. The van der Waals surface area contributed by atoms with Crippen LogP contribution < -0.4 is 0 Å². The summed E-state index contributed by atoms with van der Waals surface area (Å²) >= 11 is -2.97. The van der Waals surface area contributed by atoms with Crippen LogP contribution in [0.25, 0.3) is 0 Å². The molecule has 0 aromatic rings. The predicted octanol–water partition coefficient (Wildman–Crippen LogP) is -0.367. The number of rotatable bonds is 0. The molecule has 4 heavy (non-hydrogen) atoms. The van der Waals surface area contributed by atoms with Crippen molar-refractivity contribution in [3.63, 3.8) is 0 Å². The van der Waals surface area contributed by atoms with Crippen molar-refractivity contribution in [3.05, 3.63) is 0 Å². The van der Waals surface area contributed by atoms with Crippen LogP contribution in [0.2, 0.25) is 0 Å². The molecule has 0 aliphatic heterocycles. The molecular formula is HAsClO2. The van der Waals surface area contributed by atoms with E-state index >= 15 is 0 Å². The zero-order valence-corrected chi connectivity index (χ0v) is 4.31. The average molecular weight is 143 g/mol. The molecule has 0 aliphatic rings. The molecule has 0 saturated carbocycles. The molecule has 0 aromatic heterocycles. The Morgan fingerprint density at radius 2 is 2.00 bits per heavy atom. The van der Waals surface area contributed by atoms with Crippen molar-refractivity contribution in [3.8, 4) is 0 Å². The Labute approximate surface area is 32.4 Å². The van der Waals surface area contributed by atoms with Gasteiger partial charge in [0.2, 0.25) is 0 Å². The fraction of sp³-hybridized carbons (Fsp3) is 0. The molecule has 0 heterocycles. The molecule has 0 aliphatic carbocycles. The van der Waals surface area contributed by atoms with Crippen LogP contribution in [0.1, 0.15) is 0 Å². The minimum atomic E-state index is -2.97. The third kappa shape index (κ3) is 18.2. The molecular weight excluding hydrogens is 142 g/mol. The predicted molar refractivity (Wildman–Crippen MR) is 14.5 cm³/mol. The van der Waals surface area contributed by atoms with Crippen molar-refractivity contribution >= 4 is 23.9 Å². The standard InChI is InChI=1S/AsClHO2/c2-1(3)4/h(H,3,4). The Bertz CT molecular complexity index is 29.0. The van der Waals surface area contributed by atoms with Gasteiger partial charge in [0, 0.05) is 0 Å². The Balaban J connectivity index is 2.80. The summed E-state index contributed by atoms with van der Waals surface area (Å²) in [6, 6.07) is 0. The molecule has 25 valence electrons. The van der Waals surface area contributed by atoms with Crippen molar-refractivity contribution in [2.75, 3.05) is 0 Å². The van der Waals surface area contributed by atoms with Crippen molar-refractivity contribution in [2.24, 2.45) is 0 Å². The molecule has 0 fully saturated rings. The SMILES string of the molecule is O=[As](O)Cl. The van der Waals surface area contributed by atoms with Crippen LogP contribution in [0.4, 0.5) is 0 Å². The Morgan fingerprint density at radius 1 is 2.00 bits per heavy atom. The first-order chi connectivity index (χ1) is 1.73. The summed E-state index contributed by atoms with van der Waals surface area (Å²) in [7, 11) is 4.42. The fourth-order valence-corrected chi connectivity index (χ4v) is 0. The van der Waals surface area contributed by atoms with Gasteiger partial charge in [-0.25, -0.2) is 0 Å². The van der Waals surface area contributed by atoms with E-state index in [0.717, 1.165) is 0 Å². The van der Waals surface area contributed by atoms with E-state index in [2.05, 4.69) is 9.95 Å². The van der Waals surface area contributed by atoms with Gasteiger partial charge in [-0.3, -0.25) is 0 Å². The van der Waals surface area contributed by atoms with Crippen LogP contribution in [0.15, 0.2) is 0 Å². The molecule has 1 radical (unpaired) electrons. The average Bonchev–Trinajstić information content (AvgIpc) is 0.811. The molecule has 1 unspecified atom stereocenters. The van der Waals surface area contributed by atoms with Gasteiger partial charge in [-0.15, -0.1) is 0 Å². The van der Waals surface area contributed by atoms with Crippen LogP contribution in [0, 0.1) is 0 Å². The van der Waals surface area contributed by atoms with Gasteiger partial charge in [-0.05, 0) is 0 Å². The van der Waals surface area contributed by atoms with Crippen LogP contribution >= 0.6 is 9.95 Å². The van der Waals surface area contributed by atoms with E-state index < -0.39 is 14.0 Å². The Kier molecular flexibility index (Phi) is 2.17. The molecule has 0 bridgehead atoms. The maximum atomic E-state index is 8.99. The summed E-state index contributed by atoms with van der Waals surface area (Å²) in [4.78, 5) is 0. The zero-order valence-electron chi connectivity index (χ0n) is 1.68. The molecule has 1 N–H and O–H groups in total. The van der Waals surface area contributed by atoms with E-state index in [1.54, 1.807) is 0 Å². The fourth-order valence-electron chi connectivity index (χ4n) is 0. The van der Waals surface area contributed by atoms with Gasteiger partial charge < -0.3 is 0 Å². The summed E-state index contributed by atoms with van der Waals surface area (Å²) in [5.41, 5.74) is 0. The Morgan fingerprint density at radius 3 is 2.00 bits per heavy atom. The van der Waals surface area contributed by atoms with Gasteiger partial charge in [0.05, 0.1) is 0 Å². The van der Waals surface area contributed by atoms with Gasteiger partial charge in [-0.2, -0.15) is 0 Å². The zero-order chi connectivity index (χ0) is 3.58. The first-order valence-electron chi connectivity index (χ1n) is 0.552. The van der Waals surface area contributed by atoms with Crippen molar-refractivity contribution < 1.29 is 7.84 Å². The second kappa shape index (κ2) is 1.89. The minimum absolute atomic E-state index is 2.97. The molecule has 0 spiro atoms. The normalized spacial score (nSPS) is 11.0. The summed E-state index contributed by atoms with van der Waals surface area (Å²) in [6.07, 6.45) is 0. The van der Waals surface area contributed by atoms with E-state index in [1.165, 1.54) is 0 Å². The van der Waals surface area contributed by atoms with E-state index in [1.807, 2.05) is 0 Å². The number of hydrogen-bond donors (Lipinski definition) is 1. The topological polar surface area (TPSA) is 37.3 Å². The van der Waals surface area contributed by atoms with Gasteiger partial charge in [0.25, 0.3) is 0 Å². The van der Waals surface area contributed by atoms with Gasteiger partial charge >= 0.3 is 31.8 Å². The van der Waals surface area contributed by atoms with E-state index in [4.69, 9.17) is 7.84 Å². The second-order valence-corrected chi connectivity index (χ2v) is 2.68. The van der Waals surface area contributed by atoms with Crippen molar-refractivity contribution in [2.45, 2.75) is 0 Å². The van der Waals surface area contributed by atoms with Gasteiger partial charge in [-0.1, -0.05) is 0 Å².